The Labute approximate surface area is 118 Å². The second-order valence-electron chi connectivity index (χ2n) is 4.69. The molecule has 19 heavy (non-hydrogen) atoms. The molecule has 1 aromatic rings. The number of ether oxygens (including phenoxy) is 1. The number of methoxy groups -OCH3 is 1. The fourth-order valence-electron chi connectivity index (χ4n) is 2.20. The van der Waals surface area contributed by atoms with Crippen LogP contribution in [0.2, 0.25) is 5.02 Å². The largest absolute Gasteiger partial charge is 0.495 e. The third-order valence-electron chi connectivity index (χ3n) is 3.30. The number of nitrogens with one attached hydrogen (secondary N) is 2. The summed E-state index contributed by atoms with van der Waals surface area (Å²) in [7, 11) is 1.59. The predicted molar refractivity (Wildman–Crippen MR) is 75.5 cm³/mol. The van der Waals surface area contributed by atoms with Crippen molar-refractivity contribution in [3.8, 4) is 5.75 Å². The van der Waals surface area contributed by atoms with E-state index in [0.717, 1.165) is 31.4 Å². The van der Waals surface area contributed by atoms with Gasteiger partial charge in [0.1, 0.15) is 5.75 Å². The molecule has 0 saturated carbocycles. The van der Waals surface area contributed by atoms with Crippen LogP contribution in [0, 0.1) is 0 Å². The molecule has 1 saturated heterocycles. The molecule has 4 nitrogen and oxygen atoms in total. The van der Waals surface area contributed by atoms with Crippen LogP contribution in [-0.4, -0.2) is 25.6 Å². The molecule has 5 heteroatoms. The van der Waals surface area contributed by atoms with Crippen molar-refractivity contribution in [2.75, 3.05) is 13.7 Å². The Hall–Kier alpha value is -1.26. The summed E-state index contributed by atoms with van der Waals surface area (Å²) < 4.78 is 5.11. The van der Waals surface area contributed by atoms with E-state index in [9.17, 15) is 4.79 Å². The van der Waals surface area contributed by atoms with Crippen LogP contribution in [-0.2, 0) is 11.3 Å². The van der Waals surface area contributed by atoms with Gasteiger partial charge in [-0.05, 0) is 37.0 Å². The molecule has 1 aliphatic rings. The molecular weight excluding hydrogens is 264 g/mol. The van der Waals surface area contributed by atoms with Crippen molar-refractivity contribution in [2.45, 2.75) is 31.8 Å². The van der Waals surface area contributed by atoms with E-state index in [1.165, 1.54) is 0 Å². The second kappa shape index (κ2) is 6.78. The first kappa shape index (κ1) is 14.2. The number of carbonyl (C=O) groups is 1. The van der Waals surface area contributed by atoms with Crippen molar-refractivity contribution >= 4 is 17.5 Å². The fourth-order valence-corrected chi connectivity index (χ4v) is 2.48. The van der Waals surface area contributed by atoms with E-state index in [4.69, 9.17) is 16.3 Å². The molecule has 1 fully saturated rings. The lowest BCUT2D eigenvalue weighted by Gasteiger charge is -2.15. The SMILES string of the molecule is COc1ccc(CNC2CCCCNC2=O)cc1Cl. The van der Waals surface area contributed by atoms with Crippen molar-refractivity contribution in [1.29, 1.82) is 0 Å². The molecule has 1 amide bonds. The number of hydrogen-bond donors (Lipinski definition) is 2. The van der Waals surface area contributed by atoms with Gasteiger partial charge in [0.05, 0.1) is 18.2 Å². The maximum atomic E-state index is 11.8. The number of rotatable bonds is 4. The number of carbonyl (C=O) groups excluding carboxylic acids is 1. The minimum absolute atomic E-state index is 0.0945. The molecule has 0 aromatic heterocycles. The highest BCUT2D eigenvalue weighted by Gasteiger charge is 2.19. The van der Waals surface area contributed by atoms with Gasteiger partial charge >= 0.3 is 0 Å². The van der Waals surface area contributed by atoms with Crippen LogP contribution < -0.4 is 15.4 Å². The molecule has 1 aromatic carbocycles. The Balaban J connectivity index is 1.94. The fraction of sp³-hybridized carbons (Fsp3) is 0.500. The predicted octanol–water partition coefficient (Wildman–Crippen LogP) is 2.11. The molecule has 104 valence electrons. The average molecular weight is 283 g/mol. The third-order valence-corrected chi connectivity index (χ3v) is 3.60. The van der Waals surface area contributed by atoms with Crippen LogP contribution in [0.3, 0.4) is 0 Å². The van der Waals surface area contributed by atoms with Gasteiger partial charge in [0.2, 0.25) is 5.91 Å². The number of amides is 1. The summed E-state index contributed by atoms with van der Waals surface area (Å²) in [6, 6.07) is 5.55. The standard InChI is InChI=1S/C14H19ClN2O2/c1-19-13-6-5-10(8-11(13)15)9-17-12-4-2-3-7-16-14(12)18/h5-6,8,12,17H,2-4,7,9H2,1H3,(H,16,18). The van der Waals surface area contributed by atoms with E-state index >= 15 is 0 Å². The average Bonchev–Trinajstić information content (AvgIpc) is 2.61. The molecule has 1 heterocycles. The van der Waals surface area contributed by atoms with Gasteiger partial charge < -0.3 is 15.4 Å². The molecular formula is C14H19ClN2O2. The Kier molecular flexibility index (Phi) is 5.05. The van der Waals surface area contributed by atoms with Crippen molar-refractivity contribution in [2.24, 2.45) is 0 Å². The van der Waals surface area contributed by atoms with Crippen LogP contribution in [0.5, 0.6) is 5.75 Å². The summed E-state index contributed by atoms with van der Waals surface area (Å²) in [6.07, 6.45) is 3.01. The normalized spacial score (nSPS) is 19.7. The zero-order valence-electron chi connectivity index (χ0n) is 11.0. The molecule has 0 aliphatic carbocycles. The molecule has 0 bridgehead atoms. The zero-order chi connectivity index (χ0) is 13.7. The van der Waals surface area contributed by atoms with Gasteiger partial charge in [0.15, 0.2) is 0 Å². The van der Waals surface area contributed by atoms with Crippen LogP contribution >= 0.6 is 11.6 Å². The Morgan fingerprint density at radius 3 is 3.05 bits per heavy atom. The molecule has 0 radical (unpaired) electrons. The summed E-state index contributed by atoms with van der Waals surface area (Å²) >= 11 is 6.07. The lowest BCUT2D eigenvalue weighted by molar-refractivity contribution is -0.122. The Morgan fingerprint density at radius 1 is 1.47 bits per heavy atom. The highest BCUT2D eigenvalue weighted by molar-refractivity contribution is 6.32. The quantitative estimate of drug-likeness (QED) is 0.889. The van der Waals surface area contributed by atoms with E-state index in [1.807, 2.05) is 18.2 Å². The highest BCUT2D eigenvalue weighted by atomic mass is 35.5. The van der Waals surface area contributed by atoms with Crippen LogP contribution in [0.4, 0.5) is 0 Å². The first-order valence-corrected chi connectivity index (χ1v) is 6.92. The highest BCUT2D eigenvalue weighted by Crippen LogP contribution is 2.24. The molecule has 1 aliphatic heterocycles. The van der Waals surface area contributed by atoms with Crippen molar-refractivity contribution in [3.63, 3.8) is 0 Å². The topological polar surface area (TPSA) is 50.4 Å². The summed E-state index contributed by atoms with van der Waals surface area (Å²) in [5.41, 5.74) is 1.04. The number of hydrogen-bond acceptors (Lipinski definition) is 3. The minimum Gasteiger partial charge on any atom is -0.495 e. The molecule has 1 unspecified atom stereocenters. The summed E-state index contributed by atoms with van der Waals surface area (Å²) in [5, 5.41) is 6.78. The summed E-state index contributed by atoms with van der Waals surface area (Å²) in [5.74, 6) is 0.759. The maximum Gasteiger partial charge on any atom is 0.237 e. The summed E-state index contributed by atoms with van der Waals surface area (Å²) in [6.45, 7) is 1.41. The molecule has 0 spiro atoms. The van der Waals surface area contributed by atoms with Gasteiger partial charge in [0, 0.05) is 13.1 Å². The second-order valence-corrected chi connectivity index (χ2v) is 5.10. The van der Waals surface area contributed by atoms with Crippen molar-refractivity contribution < 1.29 is 9.53 Å². The number of benzene rings is 1. The van der Waals surface area contributed by atoms with Crippen molar-refractivity contribution in [3.05, 3.63) is 28.8 Å². The van der Waals surface area contributed by atoms with Crippen LogP contribution in [0.15, 0.2) is 18.2 Å². The van der Waals surface area contributed by atoms with Crippen LogP contribution in [0.1, 0.15) is 24.8 Å². The lowest BCUT2D eigenvalue weighted by Crippen LogP contribution is -2.42. The van der Waals surface area contributed by atoms with E-state index in [1.54, 1.807) is 7.11 Å². The van der Waals surface area contributed by atoms with E-state index in [0.29, 0.717) is 17.3 Å². The van der Waals surface area contributed by atoms with E-state index < -0.39 is 0 Å². The van der Waals surface area contributed by atoms with E-state index in [2.05, 4.69) is 10.6 Å². The van der Waals surface area contributed by atoms with Gasteiger partial charge in [-0.25, -0.2) is 0 Å². The first-order valence-electron chi connectivity index (χ1n) is 6.54. The minimum atomic E-state index is -0.108. The Morgan fingerprint density at radius 2 is 2.32 bits per heavy atom. The van der Waals surface area contributed by atoms with Gasteiger partial charge in [-0.15, -0.1) is 0 Å². The molecule has 1 atom stereocenters. The van der Waals surface area contributed by atoms with Gasteiger partial charge in [-0.2, -0.15) is 0 Å². The third kappa shape index (κ3) is 3.85. The maximum absolute atomic E-state index is 11.8. The van der Waals surface area contributed by atoms with Gasteiger partial charge in [-0.1, -0.05) is 17.7 Å². The molecule has 2 rings (SSSR count). The summed E-state index contributed by atoms with van der Waals surface area (Å²) in [4.78, 5) is 11.8. The number of halogens is 1. The Bertz CT molecular complexity index is 451. The smallest absolute Gasteiger partial charge is 0.237 e. The van der Waals surface area contributed by atoms with E-state index in [-0.39, 0.29) is 11.9 Å². The van der Waals surface area contributed by atoms with Crippen molar-refractivity contribution in [1.82, 2.24) is 10.6 Å². The van der Waals surface area contributed by atoms with Crippen LogP contribution in [0.25, 0.3) is 0 Å². The monoisotopic (exact) mass is 282 g/mol. The van der Waals surface area contributed by atoms with Gasteiger partial charge in [-0.3, -0.25) is 4.79 Å². The lowest BCUT2D eigenvalue weighted by atomic mass is 10.1. The first-order chi connectivity index (χ1) is 9.20. The zero-order valence-corrected chi connectivity index (χ0v) is 11.8. The molecule has 2 N–H and O–H groups in total. The van der Waals surface area contributed by atoms with Gasteiger partial charge in [0.25, 0.3) is 0 Å².